The summed E-state index contributed by atoms with van der Waals surface area (Å²) in [6, 6.07) is 0. The zero-order valence-electron chi connectivity index (χ0n) is 7.64. The van der Waals surface area contributed by atoms with Crippen LogP contribution in [0.5, 0.6) is 0 Å². The summed E-state index contributed by atoms with van der Waals surface area (Å²) in [7, 11) is 0. The van der Waals surface area contributed by atoms with Gasteiger partial charge in [-0.2, -0.15) is 0 Å². The van der Waals surface area contributed by atoms with E-state index in [0.29, 0.717) is 18.1 Å². The van der Waals surface area contributed by atoms with Crippen LogP contribution in [0.25, 0.3) is 0 Å². The van der Waals surface area contributed by atoms with Crippen molar-refractivity contribution in [3.05, 3.63) is 11.6 Å². The molecule has 2 heterocycles. The molecule has 0 aromatic carbocycles. The predicted octanol–water partition coefficient (Wildman–Crippen LogP) is 1.84. The van der Waals surface area contributed by atoms with Crippen molar-refractivity contribution >= 4 is 28.9 Å². The Labute approximate surface area is 90.9 Å². The second kappa shape index (κ2) is 4.91. The number of Topliss-reactive ketones (excluding diaryl/α,β-unsaturated/α-hetero) is 1. The summed E-state index contributed by atoms with van der Waals surface area (Å²) in [6.07, 6.45) is 2.65. The second-order valence-electron chi connectivity index (χ2n) is 3.11. The first kappa shape index (κ1) is 10.1. The first-order valence-corrected chi connectivity index (χ1v) is 6.35. The Morgan fingerprint density at radius 2 is 2.71 bits per heavy atom. The molecule has 0 radical (unpaired) electrons. The van der Waals surface area contributed by atoms with E-state index in [1.165, 1.54) is 11.8 Å². The van der Waals surface area contributed by atoms with Gasteiger partial charge < -0.3 is 4.74 Å². The normalized spacial score (nSPS) is 21.3. The van der Waals surface area contributed by atoms with Gasteiger partial charge in [0, 0.05) is 24.1 Å². The maximum absolute atomic E-state index is 11.6. The van der Waals surface area contributed by atoms with Gasteiger partial charge in [0.1, 0.15) is 10.1 Å². The largest absolute Gasteiger partial charge is 0.381 e. The van der Waals surface area contributed by atoms with Crippen LogP contribution in [0.15, 0.2) is 15.9 Å². The summed E-state index contributed by atoms with van der Waals surface area (Å²) in [6.45, 7) is 1.34. The van der Waals surface area contributed by atoms with Gasteiger partial charge in [-0.25, -0.2) is 4.98 Å². The zero-order chi connectivity index (χ0) is 9.80. The van der Waals surface area contributed by atoms with Crippen LogP contribution in [0.3, 0.4) is 0 Å². The van der Waals surface area contributed by atoms with E-state index in [-0.39, 0.29) is 5.92 Å². The Bertz CT molecular complexity index is 294. The van der Waals surface area contributed by atoms with Crippen molar-refractivity contribution in [3.8, 4) is 0 Å². The molecular formula is C9H11NO2S2. The van der Waals surface area contributed by atoms with Gasteiger partial charge in [0.25, 0.3) is 0 Å². The van der Waals surface area contributed by atoms with E-state index < -0.39 is 0 Å². The molecule has 1 saturated heterocycles. The molecule has 1 aliphatic heterocycles. The molecule has 1 fully saturated rings. The van der Waals surface area contributed by atoms with Crippen molar-refractivity contribution in [2.75, 3.05) is 19.0 Å². The number of nitrogens with zero attached hydrogens (tertiary/aromatic N) is 1. The van der Waals surface area contributed by atoms with Crippen LogP contribution in [-0.4, -0.2) is 29.7 Å². The number of ketones is 1. The average molecular weight is 229 g/mol. The highest BCUT2D eigenvalue weighted by Gasteiger charge is 2.23. The van der Waals surface area contributed by atoms with Crippen LogP contribution < -0.4 is 0 Å². The number of hydrogen-bond donors (Lipinski definition) is 0. The van der Waals surface area contributed by atoms with Gasteiger partial charge in [0.2, 0.25) is 0 Å². The summed E-state index contributed by atoms with van der Waals surface area (Å²) in [5.74, 6) is 0.951. The van der Waals surface area contributed by atoms with Gasteiger partial charge in [-0.3, -0.25) is 4.79 Å². The molecule has 1 aromatic rings. The fourth-order valence-electron chi connectivity index (χ4n) is 1.32. The Hall–Kier alpha value is -0.390. The Morgan fingerprint density at radius 1 is 1.79 bits per heavy atom. The number of carbonyl (C=O) groups excluding carboxylic acids is 1. The monoisotopic (exact) mass is 229 g/mol. The molecule has 0 saturated carbocycles. The van der Waals surface area contributed by atoms with Crippen LogP contribution in [-0.2, 0) is 9.53 Å². The highest BCUT2D eigenvalue weighted by atomic mass is 32.2. The van der Waals surface area contributed by atoms with E-state index in [4.69, 9.17) is 4.74 Å². The number of ether oxygens (including phenoxy) is 1. The standard InChI is InChI=1S/C9H11NO2S2/c11-8(7-1-3-12-5-7)6-14-9-10-2-4-13-9/h2,4,7H,1,3,5-6H2. The van der Waals surface area contributed by atoms with Crippen LogP contribution in [0.1, 0.15) is 6.42 Å². The Morgan fingerprint density at radius 3 is 3.36 bits per heavy atom. The molecule has 2 rings (SSSR count). The van der Waals surface area contributed by atoms with Crippen molar-refractivity contribution in [2.24, 2.45) is 5.92 Å². The van der Waals surface area contributed by atoms with Crippen molar-refractivity contribution < 1.29 is 9.53 Å². The maximum Gasteiger partial charge on any atom is 0.150 e. The third-order valence-corrected chi connectivity index (χ3v) is 4.12. The quantitative estimate of drug-likeness (QED) is 0.739. The SMILES string of the molecule is O=C(CSc1nccs1)C1CCOC1. The number of aromatic nitrogens is 1. The summed E-state index contributed by atoms with van der Waals surface area (Å²) in [5, 5.41) is 1.92. The fourth-order valence-corrected chi connectivity index (χ4v) is 2.93. The fraction of sp³-hybridized carbons (Fsp3) is 0.556. The number of rotatable bonds is 4. The zero-order valence-corrected chi connectivity index (χ0v) is 9.27. The first-order chi connectivity index (χ1) is 6.86. The van der Waals surface area contributed by atoms with E-state index in [1.54, 1.807) is 17.5 Å². The molecule has 76 valence electrons. The highest BCUT2D eigenvalue weighted by Crippen LogP contribution is 2.23. The lowest BCUT2D eigenvalue weighted by molar-refractivity contribution is -0.120. The molecule has 1 atom stereocenters. The summed E-state index contributed by atoms with van der Waals surface area (Å²) < 4.78 is 6.14. The minimum Gasteiger partial charge on any atom is -0.381 e. The first-order valence-electron chi connectivity index (χ1n) is 4.49. The molecule has 1 aromatic heterocycles. The summed E-state index contributed by atoms with van der Waals surface area (Å²) in [4.78, 5) is 15.7. The van der Waals surface area contributed by atoms with E-state index in [0.717, 1.165) is 17.4 Å². The van der Waals surface area contributed by atoms with Gasteiger partial charge in [-0.15, -0.1) is 11.3 Å². The predicted molar refractivity (Wildman–Crippen MR) is 56.8 cm³/mol. The second-order valence-corrected chi connectivity index (χ2v) is 5.23. The summed E-state index contributed by atoms with van der Waals surface area (Å²) >= 11 is 3.10. The van der Waals surface area contributed by atoms with Crippen molar-refractivity contribution in [1.82, 2.24) is 4.98 Å². The van der Waals surface area contributed by atoms with Gasteiger partial charge in [-0.1, -0.05) is 11.8 Å². The molecule has 14 heavy (non-hydrogen) atoms. The average Bonchev–Trinajstić information content (AvgIpc) is 2.87. The molecule has 0 amide bonds. The van der Waals surface area contributed by atoms with E-state index in [1.807, 2.05) is 5.38 Å². The number of hydrogen-bond acceptors (Lipinski definition) is 5. The Kier molecular flexibility index (Phi) is 3.55. The highest BCUT2D eigenvalue weighted by molar-refractivity contribution is 8.01. The van der Waals surface area contributed by atoms with Crippen molar-refractivity contribution in [3.63, 3.8) is 0 Å². The number of carbonyl (C=O) groups is 1. The Balaban J connectivity index is 1.77. The van der Waals surface area contributed by atoms with E-state index >= 15 is 0 Å². The summed E-state index contributed by atoms with van der Waals surface area (Å²) in [5.41, 5.74) is 0. The molecule has 0 N–H and O–H groups in total. The van der Waals surface area contributed by atoms with E-state index in [2.05, 4.69) is 4.98 Å². The molecule has 0 bridgehead atoms. The lowest BCUT2D eigenvalue weighted by Crippen LogP contribution is -2.16. The third kappa shape index (κ3) is 2.56. The van der Waals surface area contributed by atoms with Crippen LogP contribution in [0.4, 0.5) is 0 Å². The molecule has 3 nitrogen and oxygen atoms in total. The third-order valence-electron chi connectivity index (χ3n) is 2.13. The molecular weight excluding hydrogens is 218 g/mol. The van der Waals surface area contributed by atoms with Gasteiger partial charge in [0.15, 0.2) is 0 Å². The van der Waals surface area contributed by atoms with Gasteiger partial charge in [0.05, 0.1) is 12.4 Å². The minimum atomic E-state index is 0.127. The van der Waals surface area contributed by atoms with Crippen molar-refractivity contribution in [2.45, 2.75) is 10.8 Å². The van der Waals surface area contributed by atoms with Crippen molar-refractivity contribution in [1.29, 1.82) is 0 Å². The minimum absolute atomic E-state index is 0.127. The van der Waals surface area contributed by atoms with Crippen LogP contribution in [0, 0.1) is 5.92 Å². The maximum atomic E-state index is 11.6. The molecule has 0 aliphatic carbocycles. The molecule has 1 unspecified atom stereocenters. The van der Waals surface area contributed by atoms with E-state index in [9.17, 15) is 4.79 Å². The smallest absolute Gasteiger partial charge is 0.150 e. The topological polar surface area (TPSA) is 39.2 Å². The molecule has 5 heteroatoms. The van der Waals surface area contributed by atoms with Crippen LogP contribution in [0.2, 0.25) is 0 Å². The number of thioether (sulfide) groups is 1. The van der Waals surface area contributed by atoms with Crippen LogP contribution >= 0.6 is 23.1 Å². The molecule has 1 aliphatic rings. The lowest BCUT2D eigenvalue weighted by atomic mass is 10.1. The lowest BCUT2D eigenvalue weighted by Gasteiger charge is -2.03. The van der Waals surface area contributed by atoms with Gasteiger partial charge >= 0.3 is 0 Å². The van der Waals surface area contributed by atoms with Gasteiger partial charge in [-0.05, 0) is 6.42 Å². The number of thiazole rings is 1. The molecule has 0 spiro atoms.